The maximum absolute atomic E-state index is 14.4. The fourth-order valence-electron chi connectivity index (χ4n) is 2.65. The van der Waals surface area contributed by atoms with Gasteiger partial charge in [0, 0.05) is 25.8 Å². The van der Waals surface area contributed by atoms with E-state index in [1.165, 1.54) is 12.3 Å². The van der Waals surface area contributed by atoms with E-state index in [-0.39, 0.29) is 23.6 Å². The van der Waals surface area contributed by atoms with Crippen molar-refractivity contribution in [3.8, 4) is 12.1 Å². The molecule has 6 heteroatoms. The van der Waals surface area contributed by atoms with E-state index in [9.17, 15) is 4.39 Å². The van der Waals surface area contributed by atoms with Crippen LogP contribution >= 0.6 is 0 Å². The number of ether oxygens (including phenoxy) is 1. The molecule has 1 N–H and O–H groups in total. The first-order chi connectivity index (χ1) is 11.0. The number of morpholine rings is 1. The minimum atomic E-state index is -0.282. The molecule has 1 fully saturated rings. The van der Waals surface area contributed by atoms with Crippen molar-refractivity contribution >= 4 is 5.69 Å². The van der Waals surface area contributed by atoms with Crippen molar-refractivity contribution in [3.05, 3.63) is 41.4 Å². The third-order valence-corrected chi connectivity index (χ3v) is 3.57. The largest absolute Gasteiger partial charge is 0.385 e. The van der Waals surface area contributed by atoms with Gasteiger partial charge in [-0.05, 0) is 31.5 Å². The second-order valence-electron chi connectivity index (χ2n) is 5.61. The molecule has 1 aliphatic rings. The van der Waals surface area contributed by atoms with Crippen molar-refractivity contribution in [1.82, 2.24) is 5.32 Å². The Hall–Kier alpha value is -2.57. The number of hydrogen-bond donors (Lipinski definition) is 1. The number of hydrogen-bond acceptors (Lipinski definition) is 5. The number of rotatable bonds is 4. The lowest BCUT2D eigenvalue weighted by atomic mass is 10.1. The number of nitriles is 2. The number of anilines is 1. The van der Waals surface area contributed by atoms with Crippen molar-refractivity contribution in [2.45, 2.75) is 32.6 Å². The van der Waals surface area contributed by atoms with E-state index in [1.807, 2.05) is 24.8 Å². The molecular formula is C17H19FN4O. The first-order valence-electron chi connectivity index (χ1n) is 7.46. The molecule has 0 saturated carbocycles. The zero-order chi connectivity index (χ0) is 16.8. The Morgan fingerprint density at radius 1 is 1.35 bits per heavy atom. The van der Waals surface area contributed by atoms with Crippen LogP contribution in [0.5, 0.6) is 0 Å². The average molecular weight is 314 g/mol. The highest BCUT2D eigenvalue weighted by Crippen LogP contribution is 2.24. The molecule has 0 aromatic heterocycles. The van der Waals surface area contributed by atoms with E-state index in [2.05, 4.69) is 5.32 Å². The van der Waals surface area contributed by atoms with Gasteiger partial charge in [-0.2, -0.15) is 10.5 Å². The van der Waals surface area contributed by atoms with Crippen molar-refractivity contribution in [2.24, 2.45) is 0 Å². The van der Waals surface area contributed by atoms with Crippen LogP contribution in [-0.2, 0) is 11.3 Å². The molecule has 0 unspecified atom stereocenters. The summed E-state index contributed by atoms with van der Waals surface area (Å²) in [6.45, 7) is 5.63. The second kappa shape index (κ2) is 7.62. The van der Waals surface area contributed by atoms with Crippen LogP contribution in [0.1, 0.15) is 19.4 Å². The lowest BCUT2D eigenvalue weighted by Crippen LogP contribution is -2.45. The number of nitrogens with one attached hydrogen (secondary N) is 1. The zero-order valence-corrected chi connectivity index (χ0v) is 13.2. The fourth-order valence-corrected chi connectivity index (χ4v) is 2.65. The van der Waals surface area contributed by atoms with Crippen molar-refractivity contribution in [2.75, 3.05) is 18.0 Å². The smallest absolute Gasteiger partial charge is 0.146 e. The molecule has 0 spiro atoms. The van der Waals surface area contributed by atoms with Crippen LogP contribution in [0.2, 0.25) is 0 Å². The third-order valence-electron chi connectivity index (χ3n) is 3.57. The molecule has 0 bridgehead atoms. The van der Waals surface area contributed by atoms with E-state index in [0.717, 1.165) is 5.56 Å². The summed E-state index contributed by atoms with van der Waals surface area (Å²) in [5.41, 5.74) is 1.30. The normalized spacial score (nSPS) is 20.3. The molecule has 0 aliphatic carbocycles. The third kappa shape index (κ3) is 4.45. The van der Waals surface area contributed by atoms with Gasteiger partial charge >= 0.3 is 0 Å². The minimum absolute atomic E-state index is 0.0154. The fraction of sp³-hybridized carbons (Fsp3) is 0.412. The first-order valence-corrected chi connectivity index (χ1v) is 7.46. The summed E-state index contributed by atoms with van der Waals surface area (Å²) in [5.74, 6) is -0.282. The zero-order valence-electron chi connectivity index (χ0n) is 13.2. The highest BCUT2D eigenvalue weighted by Gasteiger charge is 2.24. The van der Waals surface area contributed by atoms with E-state index < -0.39 is 0 Å². The van der Waals surface area contributed by atoms with E-state index in [1.54, 1.807) is 18.2 Å². The van der Waals surface area contributed by atoms with Crippen LogP contribution in [0.3, 0.4) is 0 Å². The van der Waals surface area contributed by atoms with Gasteiger partial charge in [0.15, 0.2) is 0 Å². The number of benzene rings is 1. The number of allylic oxidation sites excluding steroid dienone is 1. The highest BCUT2D eigenvalue weighted by atomic mass is 19.1. The molecule has 1 aromatic carbocycles. The van der Waals surface area contributed by atoms with Gasteiger partial charge in [0.05, 0.1) is 17.9 Å². The maximum atomic E-state index is 14.4. The Labute approximate surface area is 135 Å². The van der Waals surface area contributed by atoms with Crippen LogP contribution in [0.4, 0.5) is 10.1 Å². The van der Waals surface area contributed by atoms with Gasteiger partial charge in [-0.15, -0.1) is 0 Å². The summed E-state index contributed by atoms with van der Waals surface area (Å²) in [4.78, 5) is 1.99. The van der Waals surface area contributed by atoms with Crippen LogP contribution < -0.4 is 10.2 Å². The Balaban J connectivity index is 2.05. The highest BCUT2D eigenvalue weighted by molar-refractivity contribution is 5.50. The van der Waals surface area contributed by atoms with Crippen molar-refractivity contribution in [3.63, 3.8) is 0 Å². The number of halogens is 1. The molecule has 120 valence electrons. The lowest BCUT2D eigenvalue weighted by Gasteiger charge is -2.37. The SMILES string of the molecule is C[C@@H]1CN(c2ccc(CNC=C(C#N)C#N)cc2F)C[C@@H](C)O1. The molecule has 2 atom stereocenters. The lowest BCUT2D eigenvalue weighted by molar-refractivity contribution is -0.00539. The van der Waals surface area contributed by atoms with Crippen LogP contribution in [0.25, 0.3) is 0 Å². The molecule has 1 saturated heterocycles. The molecule has 1 heterocycles. The summed E-state index contributed by atoms with van der Waals surface area (Å²) < 4.78 is 20.0. The van der Waals surface area contributed by atoms with Crippen molar-refractivity contribution < 1.29 is 9.13 Å². The van der Waals surface area contributed by atoms with E-state index in [0.29, 0.717) is 25.3 Å². The Kier molecular flexibility index (Phi) is 5.56. The maximum Gasteiger partial charge on any atom is 0.146 e. The van der Waals surface area contributed by atoms with Gasteiger partial charge < -0.3 is 15.0 Å². The molecule has 1 aromatic rings. The monoisotopic (exact) mass is 314 g/mol. The summed E-state index contributed by atoms with van der Waals surface area (Å²) in [6, 6.07) is 8.58. The Morgan fingerprint density at radius 2 is 2.00 bits per heavy atom. The topological polar surface area (TPSA) is 72.1 Å². The average Bonchev–Trinajstić information content (AvgIpc) is 2.50. The minimum Gasteiger partial charge on any atom is -0.385 e. The summed E-state index contributed by atoms with van der Waals surface area (Å²) in [6.07, 6.45) is 1.47. The summed E-state index contributed by atoms with van der Waals surface area (Å²) >= 11 is 0. The predicted molar refractivity (Wildman–Crippen MR) is 84.8 cm³/mol. The van der Waals surface area contributed by atoms with Crippen LogP contribution in [-0.4, -0.2) is 25.3 Å². The van der Waals surface area contributed by atoms with Crippen LogP contribution in [0, 0.1) is 28.5 Å². The van der Waals surface area contributed by atoms with Crippen LogP contribution in [0.15, 0.2) is 30.0 Å². The second-order valence-corrected chi connectivity index (χ2v) is 5.61. The first kappa shape index (κ1) is 16.8. The van der Waals surface area contributed by atoms with Gasteiger partial charge in [0.25, 0.3) is 0 Å². The van der Waals surface area contributed by atoms with Gasteiger partial charge in [-0.1, -0.05) is 6.07 Å². The number of nitrogens with zero attached hydrogens (tertiary/aromatic N) is 3. The predicted octanol–water partition coefficient (Wildman–Crippen LogP) is 2.46. The molecule has 0 radical (unpaired) electrons. The molecule has 5 nitrogen and oxygen atoms in total. The van der Waals surface area contributed by atoms with Gasteiger partial charge in [0.1, 0.15) is 23.5 Å². The molecule has 0 amide bonds. The van der Waals surface area contributed by atoms with Gasteiger partial charge in [0.2, 0.25) is 0 Å². The van der Waals surface area contributed by atoms with E-state index in [4.69, 9.17) is 15.3 Å². The Morgan fingerprint density at radius 3 is 2.57 bits per heavy atom. The molecule has 1 aliphatic heterocycles. The van der Waals surface area contributed by atoms with Gasteiger partial charge in [-0.25, -0.2) is 4.39 Å². The molecule has 23 heavy (non-hydrogen) atoms. The van der Waals surface area contributed by atoms with E-state index >= 15 is 0 Å². The summed E-state index contributed by atoms with van der Waals surface area (Å²) in [5, 5.41) is 20.1. The molecular weight excluding hydrogens is 295 g/mol. The summed E-state index contributed by atoms with van der Waals surface area (Å²) in [7, 11) is 0. The van der Waals surface area contributed by atoms with Gasteiger partial charge in [-0.3, -0.25) is 0 Å². The standard InChI is InChI=1S/C17H19FN4O/c1-12-10-22(11-13(2)23-12)17-4-3-14(5-16(17)18)8-21-9-15(6-19)7-20/h3-5,9,12-13,21H,8,10-11H2,1-2H3/t12-,13-/m1/s1. The quantitative estimate of drug-likeness (QED) is 0.864. The molecule has 2 rings (SSSR count). The van der Waals surface area contributed by atoms with Crippen molar-refractivity contribution in [1.29, 1.82) is 10.5 Å². The Bertz CT molecular complexity index is 648.